The van der Waals surface area contributed by atoms with Crippen LogP contribution in [0.3, 0.4) is 0 Å². The van der Waals surface area contributed by atoms with E-state index in [1.54, 1.807) is 11.8 Å². The quantitative estimate of drug-likeness (QED) is 0.854. The number of hydrogen-bond acceptors (Lipinski definition) is 5. The van der Waals surface area contributed by atoms with E-state index in [0.717, 1.165) is 30.3 Å². The first-order valence-corrected chi connectivity index (χ1v) is 6.77. The molecule has 0 aromatic carbocycles. The number of thioether (sulfide) groups is 1. The molecule has 1 saturated carbocycles. The predicted molar refractivity (Wildman–Crippen MR) is 60.7 cm³/mol. The van der Waals surface area contributed by atoms with Crippen LogP contribution in [0.4, 0.5) is 0 Å². The van der Waals surface area contributed by atoms with Crippen molar-refractivity contribution in [2.24, 2.45) is 5.73 Å². The second-order valence-corrected chi connectivity index (χ2v) is 4.90. The molecule has 0 saturated heterocycles. The van der Waals surface area contributed by atoms with E-state index in [-0.39, 0.29) is 12.0 Å². The lowest BCUT2D eigenvalue weighted by Gasteiger charge is -2.25. The van der Waals surface area contributed by atoms with Gasteiger partial charge < -0.3 is 10.3 Å². The van der Waals surface area contributed by atoms with Crippen molar-refractivity contribution in [3.63, 3.8) is 0 Å². The van der Waals surface area contributed by atoms with Gasteiger partial charge in [0.15, 0.2) is 5.82 Å². The fourth-order valence-corrected chi connectivity index (χ4v) is 2.45. The average molecular weight is 227 g/mol. The molecule has 2 rings (SSSR count). The van der Waals surface area contributed by atoms with Crippen LogP contribution in [0.25, 0.3) is 0 Å². The highest BCUT2D eigenvalue weighted by atomic mass is 32.2. The Bertz CT molecular complexity index is 315. The summed E-state index contributed by atoms with van der Waals surface area (Å²) >= 11 is 1.70. The summed E-state index contributed by atoms with van der Waals surface area (Å²) in [5.41, 5.74) is 6.06. The first kappa shape index (κ1) is 11.0. The summed E-state index contributed by atoms with van der Waals surface area (Å²) in [5, 5.41) is 3.95. The zero-order valence-corrected chi connectivity index (χ0v) is 9.80. The molecule has 84 valence electrons. The first-order valence-electron chi connectivity index (χ1n) is 5.38. The third kappa shape index (κ3) is 2.52. The van der Waals surface area contributed by atoms with Gasteiger partial charge in [0.25, 0.3) is 0 Å². The van der Waals surface area contributed by atoms with Crippen molar-refractivity contribution < 1.29 is 4.52 Å². The third-order valence-electron chi connectivity index (χ3n) is 2.89. The van der Waals surface area contributed by atoms with Gasteiger partial charge in [-0.3, -0.25) is 0 Å². The zero-order valence-electron chi connectivity index (χ0n) is 8.98. The lowest BCUT2D eigenvalue weighted by Crippen LogP contribution is -2.31. The molecule has 1 aromatic rings. The monoisotopic (exact) mass is 227 g/mol. The topological polar surface area (TPSA) is 64.9 Å². The van der Waals surface area contributed by atoms with Gasteiger partial charge in [-0.1, -0.05) is 18.0 Å². The van der Waals surface area contributed by atoms with Gasteiger partial charge in [-0.15, -0.1) is 0 Å². The Kier molecular flexibility index (Phi) is 3.64. The van der Waals surface area contributed by atoms with Gasteiger partial charge in [-0.2, -0.15) is 16.7 Å². The standard InChI is InChI=1S/C10H17N3OS/c1-15-6-9-12-10(14-13-9)7-4-2-3-5-8(7)11/h7-8H,2-6,11H2,1H3. The molecule has 1 heterocycles. The lowest BCUT2D eigenvalue weighted by atomic mass is 9.85. The van der Waals surface area contributed by atoms with Crippen LogP contribution >= 0.6 is 11.8 Å². The second-order valence-electron chi connectivity index (χ2n) is 4.04. The molecule has 1 aliphatic carbocycles. The van der Waals surface area contributed by atoms with Crippen molar-refractivity contribution in [1.29, 1.82) is 0 Å². The molecular weight excluding hydrogens is 210 g/mol. The Hall–Kier alpha value is -0.550. The number of nitrogens with two attached hydrogens (primary N) is 1. The predicted octanol–water partition coefficient (Wildman–Crippen LogP) is 1.92. The summed E-state index contributed by atoms with van der Waals surface area (Å²) in [5.74, 6) is 2.62. The highest BCUT2D eigenvalue weighted by molar-refractivity contribution is 7.97. The minimum Gasteiger partial charge on any atom is -0.339 e. The first-order chi connectivity index (χ1) is 7.31. The molecule has 1 aliphatic rings. The van der Waals surface area contributed by atoms with Crippen LogP contribution < -0.4 is 5.73 Å². The van der Waals surface area contributed by atoms with Crippen LogP contribution in [0.15, 0.2) is 4.52 Å². The fourth-order valence-electron chi connectivity index (χ4n) is 2.07. The molecule has 1 aromatic heterocycles. The summed E-state index contributed by atoms with van der Waals surface area (Å²) in [6.07, 6.45) is 6.64. The largest absolute Gasteiger partial charge is 0.339 e. The molecule has 4 nitrogen and oxygen atoms in total. The Balaban J connectivity index is 2.06. The molecule has 5 heteroatoms. The maximum atomic E-state index is 6.06. The SMILES string of the molecule is CSCc1noc(C2CCCCC2N)n1. The van der Waals surface area contributed by atoms with Gasteiger partial charge in [-0.25, -0.2) is 0 Å². The minimum absolute atomic E-state index is 0.196. The van der Waals surface area contributed by atoms with E-state index in [4.69, 9.17) is 10.3 Å². The molecule has 0 radical (unpaired) electrons. The van der Waals surface area contributed by atoms with E-state index in [9.17, 15) is 0 Å². The molecule has 2 atom stereocenters. The van der Waals surface area contributed by atoms with Gasteiger partial charge in [0, 0.05) is 6.04 Å². The summed E-state index contributed by atoms with van der Waals surface area (Å²) in [6, 6.07) is 0.196. The van der Waals surface area contributed by atoms with E-state index in [1.807, 2.05) is 6.26 Å². The minimum atomic E-state index is 0.196. The molecular formula is C10H17N3OS. The molecule has 2 unspecified atom stereocenters. The Morgan fingerprint density at radius 3 is 3.00 bits per heavy atom. The van der Waals surface area contributed by atoms with Gasteiger partial charge in [0.05, 0.1) is 11.7 Å². The third-order valence-corrected chi connectivity index (χ3v) is 3.44. The summed E-state index contributed by atoms with van der Waals surface area (Å²) in [4.78, 5) is 4.40. The lowest BCUT2D eigenvalue weighted by molar-refractivity contribution is 0.289. The Labute approximate surface area is 94.0 Å². The summed E-state index contributed by atoms with van der Waals surface area (Å²) in [6.45, 7) is 0. The normalized spacial score (nSPS) is 26.8. The van der Waals surface area contributed by atoms with Crippen LogP contribution in [0.2, 0.25) is 0 Å². The number of rotatable bonds is 3. The maximum Gasteiger partial charge on any atom is 0.231 e. The number of aromatic nitrogens is 2. The van der Waals surface area contributed by atoms with Crippen molar-refractivity contribution in [1.82, 2.24) is 10.1 Å². The van der Waals surface area contributed by atoms with Crippen LogP contribution in [-0.2, 0) is 5.75 Å². The van der Waals surface area contributed by atoms with Gasteiger partial charge in [-0.05, 0) is 19.1 Å². The van der Waals surface area contributed by atoms with Crippen molar-refractivity contribution in [2.45, 2.75) is 43.4 Å². The molecule has 0 aliphatic heterocycles. The molecule has 15 heavy (non-hydrogen) atoms. The molecule has 2 N–H and O–H groups in total. The summed E-state index contributed by atoms with van der Waals surface area (Å²) < 4.78 is 5.27. The van der Waals surface area contributed by atoms with Gasteiger partial charge in [0.1, 0.15) is 0 Å². The second kappa shape index (κ2) is 4.99. The fraction of sp³-hybridized carbons (Fsp3) is 0.800. The maximum absolute atomic E-state index is 6.06. The van der Waals surface area contributed by atoms with Crippen molar-refractivity contribution >= 4 is 11.8 Å². The average Bonchev–Trinajstić information content (AvgIpc) is 2.68. The van der Waals surface area contributed by atoms with E-state index >= 15 is 0 Å². The van der Waals surface area contributed by atoms with E-state index in [1.165, 1.54) is 12.8 Å². The number of nitrogens with zero attached hydrogens (tertiary/aromatic N) is 2. The molecule has 0 amide bonds. The van der Waals surface area contributed by atoms with Gasteiger partial charge >= 0.3 is 0 Å². The van der Waals surface area contributed by atoms with Crippen molar-refractivity contribution in [3.05, 3.63) is 11.7 Å². The summed E-state index contributed by atoms with van der Waals surface area (Å²) in [7, 11) is 0. The van der Waals surface area contributed by atoms with E-state index in [0.29, 0.717) is 0 Å². The van der Waals surface area contributed by atoms with Crippen LogP contribution in [0, 0.1) is 0 Å². The Morgan fingerprint density at radius 2 is 2.27 bits per heavy atom. The van der Waals surface area contributed by atoms with E-state index < -0.39 is 0 Å². The zero-order chi connectivity index (χ0) is 10.7. The van der Waals surface area contributed by atoms with Crippen LogP contribution in [0.1, 0.15) is 43.3 Å². The van der Waals surface area contributed by atoms with Crippen LogP contribution in [0.5, 0.6) is 0 Å². The van der Waals surface area contributed by atoms with Crippen molar-refractivity contribution in [2.75, 3.05) is 6.26 Å². The number of hydrogen-bond donors (Lipinski definition) is 1. The van der Waals surface area contributed by atoms with E-state index in [2.05, 4.69) is 10.1 Å². The highest BCUT2D eigenvalue weighted by Gasteiger charge is 2.28. The van der Waals surface area contributed by atoms with Crippen LogP contribution in [-0.4, -0.2) is 22.4 Å². The smallest absolute Gasteiger partial charge is 0.231 e. The molecule has 0 spiro atoms. The molecule has 1 fully saturated rings. The van der Waals surface area contributed by atoms with Gasteiger partial charge in [0.2, 0.25) is 5.89 Å². The molecule has 0 bridgehead atoms. The highest BCUT2D eigenvalue weighted by Crippen LogP contribution is 2.30. The van der Waals surface area contributed by atoms with Crippen molar-refractivity contribution in [3.8, 4) is 0 Å². The Morgan fingerprint density at radius 1 is 1.47 bits per heavy atom.